The molecule has 0 aliphatic heterocycles. The SMILES string of the molecule is C=CCOn1c(=O)ccc2ccccc21. The van der Waals surface area contributed by atoms with Gasteiger partial charge in [0.1, 0.15) is 6.61 Å². The highest BCUT2D eigenvalue weighted by Crippen LogP contribution is 2.09. The summed E-state index contributed by atoms with van der Waals surface area (Å²) in [4.78, 5) is 16.8. The number of pyridine rings is 1. The van der Waals surface area contributed by atoms with Crippen molar-refractivity contribution in [2.24, 2.45) is 0 Å². The highest BCUT2D eigenvalue weighted by Gasteiger charge is 2.01. The molecule has 0 N–H and O–H groups in total. The molecule has 0 atom stereocenters. The van der Waals surface area contributed by atoms with Gasteiger partial charge in [0, 0.05) is 11.5 Å². The Morgan fingerprint density at radius 1 is 1.27 bits per heavy atom. The number of nitrogens with zero attached hydrogens (tertiary/aromatic N) is 1. The first-order chi connectivity index (χ1) is 7.33. The molecule has 0 fully saturated rings. The zero-order valence-corrected chi connectivity index (χ0v) is 8.22. The molecule has 0 unspecified atom stereocenters. The van der Waals surface area contributed by atoms with Gasteiger partial charge < -0.3 is 4.84 Å². The quantitative estimate of drug-likeness (QED) is 0.706. The molecule has 1 aromatic heterocycles. The van der Waals surface area contributed by atoms with Gasteiger partial charge in [0.05, 0.1) is 5.52 Å². The number of hydrogen-bond donors (Lipinski definition) is 0. The number of hydrogen-bond acceptors (Lipinski definition) is 2. The molecule has 0 radical (unpaired) electrons. The molecule has 0 aliphatic carbocycles. The molecule has 1 aromatic carbocycles. The molecule has 2 rings (SSSR count). The second kappa shape index (κ2) is 4.00. The van der Waals surface area contributed by atoms with Gasteiger partial charge in [-0.15, -0.1) is 4.73 Å². The summed E-state index contributed by atoms with van der Waals surface area (Å²) in [5, 5.41) is 0.973. The highest BCUT2D eigenvalue weighted by molar-refractivity contribution is 5.78. The second-order valence-electron chi connectivity index (χ2n) is 3.11. The molecule has 0 saturated heterocycles. The van der Waals surface area contributed by atoms with E-state index in [-0.39, 0.29) is 5.56 Å². The predicted octanol–water partition coefficient (Wildman–Crippen LogP) is 1.62. The Morgan fingerprint density at radius 3 is 2.87 bits per heavy atom. The number of benzene rings is 1. The molecule has 76 valence electrons. The minimum Gasteiger partial charge on any atom is -0.406 e. The Balaban J connectivity index is 2.63. The van der Waals surface area contributed by atoms with Gasteiger partial charge in [-0.25, -0.2) is 0 Å². The van der Waals surface area contributed by atoms with E-state index in [4.69, 9.17) is 4.84 Å². The Labute approximate surface area is 87.2 Å². The molecule has 0 saturated carbocycles. The van der Waals surface area contributed by atoms with E-state index in [1.807, 2.05) is 24.3 Å². The van der Waals surface area contributed by atoms with Crippen LogP contribution in [0.25, 0.3) is 10.9 Å². The number of para-hydroxylation sites is 1. The van der Waals surface area contributed by atoms with Crippen LogP contribution in [-0.4, -0.2) is 11.3 Å². The molecule has 1 heterocycles. The fraction of sp³-hybridized carbons (Fsp3) is 0.0833. The molecule has 0 aliphatic rings. The Kier molecular flexibility index (Phi) is 2.54. The monoisotopic (exact) mass is 201 g/mol. The first kappa shape index (κ1) is 9.52. The van der Waals surface area contributed by atoms with Crippen molar-refractivity contribution in [3.8, 4) is 0 Å². The molecule has 15 heavy (non-hydrogen) atoms. The van der Waals surface area contributed by atoms with Crippen LogP contribution in [0.5, 0.6) is 0 Å². The molecule has 0 amide bonds. The minimum atomic E-state index is -0.171. The van der Waals surface area contributed by atoms with Gasteiger partial charge in [-0.2, -0.15) is 0 Å². The summed E-state index contributed by atoms with van der Waals surface area (Å²) in [5.74, 6) is 0. The second-order valence-corrected chi connectivity index (χ2v) is 3.11. The van der Waals surface area contributed by atoms with Gasteiger partial charge >= 0.3 is 0 Å². The van der Waals surface area contributed by atoms with Gasteiger partial charge in [-0.05, 0) is 12.1 Å². The smallest absolute Gasteiger partial charge is 0.283 e. The zero-order chi connectivity index (χ0) is 10.7. The van der Waals surface area contributed by atoms with Crippen LogP contribution in [0.1, 0.15) is 0 Å². The lowest BCUT2D eigenvalue weighted by molar-refractivity contribution is 0.137. The molecule has 3 nitrogen and oxygen atoms in total. The third-order valence-electron chi connectivity index (χ3n) is 2.08. The molecular formula is C12H11NO2. The summed E-state index contributed by atoms with van der Waals surface area (Å²) < 4.78 is 1.29. The van der Waals surface area contributed by atoms with E-state index in [0.717, 1.165) is 10.9 Å². The van der Waals surface area contributed by atoms with Crippen LogP contribution in [0.3, 0.4) is 0 Å². The lowest BCUT2D eigenvalue weighted by Gasteiger charge is -2.09. The van der Waals surface area contributed by atoms with Crippen molar-refractivity contribution in [3.63, 3.8) is 0 Å². The normalized spacial score (nSPS) is 10.1. The van der Waals surface area contributed by atoms with Crippen LogP contribution < -0.4 is 10.4 Å². The van der Waals surface area contributed by atoms with E-state index >= 15 is 0 Å². The lowest BCUT2D eigenvalue weighted by Crippen LogP contribution is -2.26. The van der Waals surface area contributed by atoms with Crippen LogP contribution in [0.15, 0.2) is 53.8 Å². The van der Waals surface area contributed by atoms with Crippen molar-refractivity contribution in [3.05, 3.63) is 59.4 Å². The molecule has 0 bridgehead atoms. The Hall–Kier alpha value is -2.03. The fourth-order valence-corrected chi connectivity index (χ4v) is 1.42. The minimum absolute atomic E-state index is 0.171. The van der Waals surface area contributed by atoms with E-state index in [1.54, 1.807) is 12.1 Å². The van der Waals surface area contributed by atoms with Gasteiger partial charge in [-0.1, -0.05) is 30.9 Å². The van der Waals surface area contributed by atoms with Crippen LogP contribution in [0, 0.1) is 0 Å². The van der Waals surface area contributed by atoms with E-state index in [1.165, 1.54) is 10.8 Å². The van der Waals surface area contributed by atoms with E-state index in [2.05, 4.69) is 6.58 Å². The molecular weight excluding hydrogens is 190 g/mol. The van der Waals surface area contributed by atoms with Gasteiger partial charge in [-0.3, -0.25) is 4.79 Å². The number of fused-ring (bicyclic) bond motifs is 1. The standard InChI is InChI=1S/C12H11NO2/c1-2-9-15-13-11-6-4-3-5-10(11)7-8-12(13)14/h2-8H,1,9H2. The van der Waals surface area contributed by atoms with Crippen molar-refractivity contribution >= 4 is 10.9 Å². The first-order valence-electron chi connectivity index (χ1n) is 4.68. The maximum absolute atomic E-state index is 11.5. The molecule has 0 spiro atoms. The van der Waals surface area contributed by atoms with E-state index in [9.17, 15) is 4.79 Å². The maximum atomic E-state index is 11.5. The van der Waals surface area contributed by atoms with Gasteiger partial charge in [0.15, 0.2) is 0 Å². The van der Waals surface area contributed by atoms with Gasteiger partial charge in [0.2, 0.25) is 0 Å². The maximum Gasteiger partial charge on any atom is 0.283 e. The summed E-state index contributed by atoms with van der Waals surface area (Å²) >= 11 is 0. The number of aromatic nitrogens is 1. The summed E-state index contributed by atoms with van der Waals surface area (Å²) in [7, 11) is 0. The van der Waals surface area contributed by atoms with Gasteiger partial charge in [0.25, 0.3) is 5.56 Å². The third-order valence-corrected chi connectivity index (χ3v) is 2.08. The summed E-state index contributed by atoms with van der Waals surface area (Å²) in [5.41, 5.74) is 0.599. The molecule has 3 heteroatoms. The number of rotatable bonds is 3. The van der Waals surface area contributed by atoms with E-state index < -0.39 is 0 Å². The average Bonchev–Trinajstić information content (AvgIpc) is 2.28. The summed E-state index contributed by atoms with van der Waals surface area (Å²) in [6.07, 6.45) is 1.61. The van der Waals surface area contributed by atoms with Crippen molar-refractivity contribution < 1.29 is 4.84 Å². The van der Waals surface area contributed by atoms with Crippen LogP contribution in [0.2, 0.25) is 0 Å². The zero-order valence-electron chi connectivity index (χ0n) is 8.22. The molecule has 2 aromatic rings. The topological polar surface area (TPSA) is 31.2 Å². The Bertz CT molecular complexity index is 543. The van der Waals surface area contributed by atoms with Crippen LogP contribution in [-0.2, 0) is 0 Å². The Morgan fingerprint density at radius 2 is 2.07 bits per heavy atom. The lowest BCUT2D eigenvalue weighted by atomic mass is 10.2. The van der Waals surface area contributed by atoms with Crippen molar-refractivity contribution in [1.82, 2.24) is 4.73 Å². The van der Waals surface area contributed by atoms with E-state index in [0.29, 0.717) is 6.61 Å². The highest BCUT2D eigenvalue weighted by atomic mass is 16.7. The summed E-state index contributed by atoms with van der Waals surface area (Å²) in [6.45, 7) is 3.86. The average molecular weight is 201 g/mol. The predicted molar refractivity (Wildman–Crippen MR) is 59.9 cm³/mol. The van der Waals surface area contributed by atoms with Crippen molar-refractivity contribution in [1.29, 1.82) is 0 Å². The van der Waals surface area contributed by atoms with Crippen molar-refractivity contribution in [2.45, 2.75) is 0 Å². The summed E-state index contributed by atoms with van der Waals surface area (Å²) in [6, 6.07) is 10.8. The third kappa shape index (κ3) is 1.76. The fourth-order valence-electron chi connectivity index (χ4n) is 1.42. The largest absolute Gasteiger partial charge is 0.406 e. The van der Waals surface area contributed by atoms with Crippen LogP contribution in [0.4, 0.5) is 0 Å². The van der Waals surface area contributed by atoms with Crippen LogP contribution >= 0.6 is 0 Å². The first-order valence-corrected chi connectivity index (χ1v) is 4.68. The van der Waals surface area contributed by atoms with Crippen molar-refractivity contribution in [2.75, 3.05) is 6.61 Å².